The summed E-state index contributed by atoms with van der Waals surface area (Å²) in [5, 5.41) is 8.96. The maximum atomic E-state index is 10.9. The van der Waals surface area contributed by atoms with Crippen molar-refractivity contribution in [3.8, 4) is 0 Å². The summed E-state index contributed by atoms with van der Waals surface area (Å²) in [5.41, 5.74) is 0.568. The van der Waals surface area contributed by atoms with Crippen molar-refractivity contribution < 1.29 is 14.3 Å². The van der Waals surface area contributed by atoms with E-state index in [0.29, 0.717) is 18.0 Å². The number of rotatable bonds is 5. The van der Waals surface area contributed by atoms with Crippen LogP contribution >= 0.6 is 0 Å². The number of aromatic nitrogens is 1. The Balaban J connectivity index is 1.98. The summed E-state index contributed by atoms with van der Waals surface area (Å²) >= 11 is 0. The number of hydrogen-bond acceptors (Lipinski definition) is 3. The van der Waals surface area contributed by atoms with Crippen LogP contribution in [-0.2, 0) is 12.8 Å². The average molecular weight is 237 g/mol. The van der Waals surface area contributed by atoms with Gasteiger partial charge in [-0.05, 0) is 18.8 Å². The molecular formula is C13H19NO3. The molecular weight excluding hydrogens is 218 g/mol. The van der Waals surface area contributed by atoms with Crippen molar-refractivity contribution in [2.75, 3.05) is 0 Å². The van der Waals surface area contributed by atoms with Gasteiger partial charge in [0.25, 0.3) is 0 Å². The molecule has 2 rings (SSSR count). The molecule has 0 spiro atoms. The molecule has 1 heterocycles. The molecule has 17 heavy (non-hydrogen) atoms. The summed E-state index contributed by atoms with van der Waals surface area (Å²) in [4.78, 5) is 15.2. The van der Waals surface area contributed by atoms with E-state index in [0.717, 1.165) is 18.8 Å². The molecule has 0 bridgehead atoms. The minimum Gasteiger partial charge on any atom is -0.475 e. The van der Waals surface area contributed by atoms with E-state index < -0.39 is 5.97 Å². The Morgan fingerprint density at radius 2 is 2.18 bits per heavy atom. The minimum absolute atomic E-state index is 0.0221. The Bertz CT molecular complexity index is 391. The molecule has 1 fully saturated rings. The van der Waals surface area contributed by atoms with Crippen LogP contribution in [0.5, 0.6) is 0 Å². The summed E-state index contributed by atoms with van der Waals surface area (Å²) in [5.74, 6) is 0.377. The molecule has 0 atom stereocenters. The second-order valence-corrected chi connectivity index (χ2v) is 4.73. The van der Waals surface area contributed by atoms with Crippen molar-refractivity contribution >= 4 is 5.97 Å². The van der Waals surface area contributed by atoms with Crippen LogP contribution in [-0.4, -0.2) is 16.1 Å². The summed E-state index contributed by atoms with van der Waals surface area (Å²) in [6.45, 7) is 1.89. The molecule has 4 heteroatoms. The van der Waals surface area contributed by atoms with Crippen molar-refractivity contribution in [3.05, 3.63) is 17.3 Å². The largest absolute Gasteiger partial charge is 0.475 e. The van der Waals surface area contributed by atoms with E-state index in [1.165, 1.54) is 25.7 Å². The number of carboxylic acid groups (broad SMARTS) is 1. The van der Waals surface area contributed by atoms with Gasteiger partial charge in [0.2, 0.25) is 5.76 Å². The van der Waals surface area contributed by atoms with Gasteiger partial charge >= 0.3 is 5.97 Å². The zero-order valence-corrected chi connectivity index (χ0v) is 10.2. The van der Waals surface area contributed by atoms with E-state index in [1.54, 1.807) is 0 Å². The van der Waals surface area contributed by atoms with Crippen molar-refractivity contribution in [1.29, 1.82) is 0 Å². The lowest BCUT2D eigenvalue weighted by Gasteiger charge is -2.05. The van der Waals surface area contributed by atoms with Crippen LogP contribution in [0.3, 0.4) is 0 Å². The molecule has 1 aromatic rings. The van der Waals surface area contributed by atoms with Gasteiger partial charge in [-0.1, -0.05) is 32.6 Å². The fourth-order valence-electron chi connectivity index (χ4n) is 2.54. The van der Waals surface area contributed by atoms with Crippen LogP contribution in [0.1, 0.15) is 61.2 Å². The molecule has 1 saturated carbocycles. The lowest BCUT2D eigenvalue weighted by molar-refractivity contribution is 0.0658. The number of aromatic carboxylic acids is 1. The molecule has 0 saturated heterocycles. The highest BCUT2D eigenvalue weighted by Gasteiger charge is 2.20. The van der Waals surface area contributed by atoms with E-state index >= 15 is 0 Å². The number of oxazole rings is 1. The standard InChI is InChI=1S/C13H19NO3/c1-2-10-12(13(15)16)17-11(14-10)8-7-9-5-3-4-6-9/h9H,2-8H2,1H3,(H,15,16). The SMILES string of the molecule is CCc1nc(CCC2CCCC2)oc1C(=O)O. The predicted octanol–water partition coefficient (Wildman–Crippen LogP) is 3.06. The Kier molecular flexibility index (Phi) is 3.82. The Hall–Kier alpha value is -1.32. The van der Waals surface area contributed by atoms with E-state index in [-0.39, 0.29) is 5.76 Å². The molecule has 0 radical (unpaired) electrons. The van der Waals surface area contributed by atoms with Gasteiger partial charge < -0.3 is 9.52 Å². The third-order valence-electron chi connectivity index (χ3n) is 3.51. The van der Waals surface area contributed by atoms with Crippen LogP contribution in [0.15, 0.2) is 4.42 Å². The van der Waals surface area contributed by atoms with E-state index in [1.807, 2.05) is 6.92 Å². The van der Waals surface area contributed by atoms with Crippen LogP contribution in [0.2, 0.25) is 0 Å². The van der Waals surface area contributed by atoms with Crippen molar-refractivity contribution in [3.63, 3.8) is 0 Å². The third-order valence-corrected chi connectivity index (χ3v) is 3.51. The van der Waals surface area contributed by atoms with Gasteiger partial charge in [0, 0.05) is 6.42 Å². The number of carbonyl (C=O) groups is 1. The molecule has 1 aliphatic rings. The lowest BCUT2D eigenvalue weighted by atomic mass is 10.0. The number of aryl methyl sites for hydroxylation is 2. The Morgan fingerprint density at radius 3 is 2.71 bits per heavy atom. The maximum absolute atomic E-state index is 10.9. The monoisotopic (exact) mass is 237 g/mol. The summed E-state index contributed by atoms with van der Waals surface area (Å²) < 4.78 is 5.32. The molecule has 0 aliphatic heterocycles. The normalized spacial score (nSPS) is 16.5. The molecule has 1 aromatic heterocycles. The molecule has 1 N–H and O–H groups in total. The topological polar surface area (TPSA) is 63.3 Å². The molecule has 94 valence electrons. The quantitative estimate of drug-likeness (QED) is 0.854. The van der Waals surface area contributed by atoms with Crippen molar-refractivity contribution in [2.45, 2.75) is 51.9 Å². The first kappa shape index (κ1) is 12.1. The maximum Gasteiger partial charge on any atom is 0.373 e. The van der Waals surface area contributed by atoms with Gasteiger partial charge in [0.05, 0.1) is 5.69 Å². The molecule has 0 unspecified atom stereocenters. The van der Waals surface area contributed by atoms with Gasteiger partial charge in [-0.2, -0.15) is 0 Å². The van der Waals surface area contributed by atoms with Gasteiger partial charge in [-0.3, -0.25) is 0 Å². The van der Waals surface area contributed by atoms with Crippen molar-refractivity contribution in [2.24, 2.45) is 5.92 Å². The second kappa shape index (κ2) is 5.34. The fraction of sp³-hybridized carbons (Fsp3) is 0.692. The van der Waals surface area contributed by atoms with E-state index in [4.69, 9.17) is 9.52 Å². The van der Waals surface area contributed by atoms with Crippen LogP contribution in [0, 0.1) is 5.92 Å². The number of hydrogen-bond donors (Lipinski definition) is 1. The summed E-state index contributed by atoms with van der Waals surface area (Å²) in [7, 11) is 0. The Morgan fingerprint density at radius 1 is 1.47 bits per heavy atom. The predicted molar refractivity (Wildman–Crippen MR) is 63.1 cm³/mol. The molecule has 0 amide bonds. The van der Waals surface area contributed by atoms with Crippen LogP contribution < -0.4 is 0 Å². The summed E-state index contributed by atoms with van der Waals surface area (Å²) in [6, 6.07) is 0. The van der Waals surface area contributed by atoms with Crippen molar-refractivity contribution in [1.82, 2.24) is 4.98 Å². The fourth-order valence-corrected chi connectivity index (χ4v) is 2.54. The Labute approximate surface area is 101 Å². The highest BCUT2D eigenvalue weighted by Crippen LogP contribution is 2.28. The molecule has 1 aliphatic carbocycles. The second-order valence-electron chi connectivity index (χ2n) is 4.73. The van der Waals surface area contributed by atoms with Gasteiger partial charge in [0.15, 0.2) is 5.89 Å². The van der Waals surface area contributed by atoms with Gasteiger partial charge in [0.1, 0.15) is 0 Å². The van der Waals surface area contributed by atoms with E-state index in [9.17, 15) is 4.79 Å². The number of carboxylic acids is 1. The average Bonchev–Trinajstić information content (AvgIpc) is 2.95. The highest BCUT2D eigenvalue weighted by molar-refractivity contribution is 5.85. The van der Waals surface area contributed by atoms with E-state index in [2.05, 4.69) is 4.98 Å². The highest BCUT2D eigenvalue weighted by atomic mass is 16.4. The summed E-state index contributed by atoms with van der Waals surface area (Å²) in [6.07, 6.45) is 7.70. The molecule has 0 aromatic carbocycles. The van der Waals surface area contributed by atoms with Crippen LogP contribution in [0.25, 0.3) is 0 Å². The zero-order chi connectivity index (χ0) is 12.3. The van der Waals surface area contributed by atoms with Crippen LogP contribution in [0.4, 0.5) is 0 Å². The third kappa shape index (κ3) is 2.87. The minimum atomic E-state index is -1.01. The first-order chi connectivity index (χ1) is 8.20. The van der Waals surface area contributed by atoms with Gasteiger partial charge in [-0.25, -0.2) is 9.78 Å². The number of nitrogens with zero attached hydrogens (tertiary/aromatic N) is 1. The lowest BCUT2D eigenvalue weighted by Crippen LogP contribution is -1.98. The first-order valence-corrected chi connectivity index (χ1v) is 6.42. The zero-order valence-electron chi connectivity index (χ0n) is 10.2. The smallest absolute Gasteiger partial charge is 0.373 e. The van der Waals surface area contributed by atoms with Gasteiger partial charge in [-0.15, -0.1) is 0 Å². The first-order valence-electron chi connectivity index (χ1n) is 6.42. The molecule has 4 nitrogen and oxygen atoms in total.